The fourth-order valence-corrected chi connectivity index (χ4v) is 2.39. The predicted molar refractivity (Wildman–Crippen MR) is 88.8 cm³/mol. The molecule has 2 rings (SSSR count). The molecule has 2 N–H and O–H groups in total. The zero-order valence-electron chi connectivity index (χ0n) is 13.2. The average Bonchev–Trinajstić information content (AvgIpc) is 2.45. The van der Waals surface area contributed by atoms with Crippen LogP contribution in [0.2, 0.25) is 0 Å². The number of rotatable bonds is 4. The fourth-order valence-electron chi connectivity index (χ4n) is 2.39. The maximum atomic E-state index is 12.5. The molecule has 0 unspecified atom stereocenters. The van der Waals surface area contributed by atoms with Gasteiger partial charge in [-0.3, -0.25) is 4.79 Å². The quantitative estimate of drug-likeness (QED) is 0.662. The third-order valence-electron chi connectivity index (χ3n) is 4.17. The summed E-state index contributed by atoms with van der Waals surface area (Å²) in [7, 11) is 0. The molecule has 2 aromatic rings. The molecular formula is C19H23NO. The van der Waals surface area contributed by atoms with Gasteiger partial charge in [-0.1, -0.05) is 45.0 Å². The Bertz CT molecular complexity index is 634. The summed E-state index contributed by atoms with van der Waals surface area (Å²) in [6, 6.07) is 13.4. The van der Waals surface area contributed by atoms with Crippen LogP contribution in [0.5, 0.6) is 0 Å². The molecular weight excluding hydrogens is 258 g/mol. The molecule has 0 atom stereocenters. The highest BCUT2D eigenvalue weighted by atomic mass is 16.1. The molecule has 0 aromatic heterocycles. The van der Waals surface area contributed by atoms with Gasteiger partial charge in [0.1, 0.15) is 0 Å². The van der Waals surface area contributed by atoms with E-state index in [-0.39, 0.29) is 11.2 Å². The second-order valence-electron chi connectivity index (χ2n) is 6.28. The molecule has 0 spiro atoms. The van der Waals surface area contributed by atoms with E-state index in [2.05, 4.69) is 32.9 Å². The van der Waals surface area contributed by atoms with Crippen LogP contribution in [0.25, 0.3) is 0 Å². The van der Waals surface area contributed by atoms with Crippen molar-refractivity contribution in [2.75, 3.05) is 5.73 Å². The van der Waals surface area contributed by atoms with Crippen LogP contribution < -0.4 is 5.73 Å². The van der Waals surface area contributed by atoms with Crippen molar-refractivity contribution in [1.29, 1.82) is 0 Å². The van der Waals surface area contributed by atoms with E-state index in [4.69, 9.17) is 5.73 Å². The first kappa shape index (κ1) is 15.3. The van der Waals surface area contributed by atoms with Gasteiger partial charge in [0.05, 0.1) is 0 Å². The molecule has 2 aromatic carbocycles. The molecule has 2 nitrogen and oxygen atoms in total. The number of nitrogen functional groups attached to an aromatic ring is 1. The van der Waals surface area contributed by atoms with Gasteiger partial charge >= 0.3 is 0 Å². The Labute approximate surface area is 127 Å². The number of carbonyl (C=O) groups excluding carboxylic acids is 1. The van der Waals surface area contributed by atoms with Crippen molar-refractivity contribution in [3.8, 4) is 0 Å². The number of hydrogen-bond acceptors (Lipinski definition) is 2. The first-order valence-electron chi connectivity index (χ1n) is 7.36. The third kappa shape index (κ3) is 3.33. The number of anilines is 1. The SMILES string of the molecule is CCC(C)(C)c1ccc(C(=O)c2cc(C)cc(N)c2)cc1. The minimum atomic E-state index is 0.0197. The van der Waals surface area contributed by atoms with E-state index < -0.39 is 0 Å². The van der Waals surface area contributed by atoms with Crippen LogP contribution in [0, 0.1) is 6.92 Å². The summed E-state index contributed by atoms with van der Waals surface area (Å²) in [4.78, 5) is 12.5. The van der Waals surface area contributed by atoms with Gasteiger partial charge in [-0.15, -0.1) is 0 Å². The van der Waals surface area contributed by atoms with Crippen LogP contribution in [0.3, 0.4) is 0 Å². The summed E-state index contributed by atoms with van der Waals surface area (Å²) < 4.78 is 0. The second-order valence-corrected chi connectivity index (χ2v) is 6.28. The lowest BCUT2D eigenvalue weighted by Crippen LogP contribution is -2.15. The summed E-state index contributed by atoms with van der Waals surface area (Å²) in [5, 5.41) is 0. The largest absolute Gasteiger partial charge is 0.399 e. The van der Waals surface area contributed by atoms with Crippen molar-refractivity contribution in [3.05, 3.63) is 64.7 Å². The van der Waals surface area contributed by atoms with Crippen molar-refractivity contribution in [2.24, 2.45) is 0 Å². The second kappa shape index (κ2) is 5.72. The fraction of sp³-hybridized carbons (Fsp3) is 0.316. The molecule has 0 saturated carbocycles. The van der Waals surface area contributed by atoms with E-state index in [0.717, 1.165) is 12.0 Å². The number of aryl methyl sites for hydroxylation is 1. The van der Waals surface area contributed by atoms with E-state index in [9.17, 15) is 4.79 Å². The van der Waals surface area contributed by atoms with Gasteiger partial charge in [0.25, 0.3) is 0 Å². The first-order chi connectivity index (χ1) is 9.83. The Morgan fingerprint density at radius 2 is 1.67 bits per heavy atom. The molecule has 0 saturated heterocycles. The molecule has 0 aliphatic carbocycles. The van der Waals surface area contributed by atoms with Gasteiger partial charge in [0, 0.05) is 16.8 Å². The Morgan fingerprint density at radius 3 is 2.19 bits per heavy atom. The monoisotopic (exact) mass is 281 g/mol. The summed E-state index contributed by atoms with van der Waals surface area (Å²) in [5.74, 6) is 0.0197. The molecule has 21 heavy (non-hydrogen) atoms. The van der Waals surface area contributed by atoms with Gasteiger partial charge in [0.15, 0.2) is 5.78 Å². The van der Waals surface area contributed by atoms with Crippen LogP contribution >= 0.6 is 0 Å². The lowest BCUT2D eigenvalue weighted by atomic mass is 9.82. The maximum Gasteiger partial charge on any atom is 0.193 e. The number of nitrogens with two attached hydrogens (primary N) is 1. The van der Waals surface area contributed by atoms with Crippen molar-refractivity contribution in [3.63, 3.8) is 0 Å². The van der Waals surface area contributed by atoms with E-state index in [1.807, 2.05) is 31.2 Å². The van der Waals surface area contributed by atoms with Crippen LogP contribution in [0.1, 0.15) is 54.2 Å². The van der Waals surface area contributed by atoms with Gasteiger partial charge < -0.3 is 5.73 Å². The van der Waals surface area contributed by atoms with Crippen molar-refractivity contribution in [2.45, 2.75) is 39.5 Å². The van der Waals surface area contributed by atoms with Gasteiger partial charge in [-0.25, -0.2) is 0 Å². The summed E-state index contributed by atoms with van der Waals surface area (Å²) in [6.07, 6.45) is 1.06. The van der Waals surface area contributed by atoms with Gasteiger partial charge in [0.2, 0.25) is 0 Å². The van der Waals surface area contributed by atoms with Crippen LogP contribution in [-0.4, -0.2) is 5.78 Å². The van der Waals surface area contributed by atoms with E-state index in [1.54, 1.807) is 6.07 Å². The number of ketones is 1. The maximum absolute atomic E-state index is 12.5. The van der Waals surface area contributed by atoms with Gasteiger partial charge in [-0.2, -0.15) is 0 Å². The van der Waals surface area contributed by atoms with E-state index in [1.165, 1.54) is 5.56 Å². The molecule has 0 aliphatic heterocycles. The lowest BCUT2D eigenvalue weighted by molar-refractivity contribution is 0.103. The van der Waals surface area contributed by atoms with Crippen molar-refractivity contribution < 1.29 is 4.79 Å². The molecule has 110 valence electrons. The first-order valence-corrected chi connectivity index (χ1v) is 7.36. The number of carbonyl (C=O) groups is 1. The highest BCUT2D eigenvalue weighted by Gasteiger charge is 2.18. The predicted octanol–water partition coefficient (Wildman–Crippen LogP) is 4.50. The van der Waals surface area contributed by atoms with Crippen LogP contribution in [-0.2, 0) is 5.41 Å². The normalized spacial score (nSPS) is 11.4. The summed E-state index contributed by atoms with van der Waals surface area (Å²) in [6.45, 7) is 8.55. The van der Waals surface area contributed by atoms with E-state index in [0.29, 0.717) is 16.8 Å². The summed E-state index contributed by atoms with van der Waals surface area (Å²) in [5.41, 5.74) is 10.2. The molecule has 2 heteroatoms. The van der Waals surface area contributed by atoms with Crippen molar-refractivity contribution >= 4 is 11.5 Å². The lowest BCUT2D eigenvalue weighted by Gasteiger charge is -2.23. The highest BCUT2D eigenvalue weighted by Crippen LogP contribution is 2.27. The Morgan fingerprint density at radius 1 is 1.05 bits per heavy atom. The molecule has 0 heterocycles. The minimum absolute atomic E-state index is 0.0197. The number of benzene rings is 2. The third-order valence-corrected chi connectivity index (χ3v) is 4.17. The zero-order valence-corrected chi connectivity index (χ0v) is 13.2. The Kier molecular flexibility index (Phi) is 4.17. The molecule has 0 bridgehead atoms. The molecule has 0 radical (unpaired) electrons. The van der Waals surface area contributed by atoms with Gasteiger partial charge in [-0.05, 0) is 48.1 Å². The Balaban J connectivity index is 2.32. The zero-order chi connectivity index (χ0) is 15.6. The minimum Gasteiger partial charge on any atom is -0.399 e. The molecule has 0 fully saturated rings. The van der Waals surface area contributed by atoms with Crippen LogP contribution in [0.15, 0.2) is 42.5 Å². The summed E-state index contributed by atoms with van der Waals surface area (Å²) >= 11 is 0. The van der Waals surface area contributed by atoms with E-state index >= 15 is 0 Å². The number of hydrogen-bond donors (Lipinski definition) is 1. The molecule has 0 aliphatic rings. The smallest absolute Gasteiger partial charge is 0.193 e. The topological polar surface area (TPSA) is 43.1 Å². The average molecular weight is 281 g/mol. The standard InChI is InChI=1S/C19H23NO/c1-5-19(3,4)16-8-6-14(7-9-16)18(21)15-10-13(2)11-17(20)12-15/h6-12H,5,20H2,1-4H3. The molecule has 0 amide bonds. The van der Waals surface area contributed by atoms with Crippen LogP contribution in [0.4, 0.5) is 5.69 Å². The Hall–Kier alpha value is -2.09. The highest BCUT2D eigenvalue weighted by molar-refractivity contribution is 6.09. The van der Waals surface area contributed by atoms with Crippen molar-refractivity contribution in [1.82, 2.24) is 0 Å².